The molecule has 1 fully saturated rings. The molecule has 2 rings (SSSR count). The van der Waals surface area contributed by atoms with Gasteiger partial charge in [-0.05, 0) is 37.1 Å². The van der Waals surface area contributed by atoms with Gasteiger partial charge in [-0.15, -0.1) is 0 Å². The van der Waals surface area contributed by atoms with Gasteiger partial charge in [-0.1, -0.05) is 26.2 Å². The lowest BCUT2D eigenvalue weighted by Crippen LogP contribution is -2.35. The van der Waals surface area contributed by atoms with Crippen LogP contribution in [0.1, 0.15) is 49.4 Å². The molecule has 0 heterocycles. The lowest BCUT2D eigenvalue weighted by Gasteiger charge is -2.32. The van der Waals surface area contributed by atoms with Crippen LogP contribution in [0.2, 0.25) is 0 Å². The molecule has 0 saturated heterocycles. The van der Waals surface area contributed by atoms with Gasteiger partial charge in [0, 0.05) is 11.1 Å². The average Bonchev–Trinajstić information content (AvgIpc) is 2.40. The van der Waals surface area contributed by atoms with Crippen LogP contribution in [0.15, 0.2) is 24.3 Å². The van der Waals surface area contributed by atoms with Gasteiger partial charge in [0.05, 0.1) is 5.56 Å². The Morgan fingerprint density at radius 1 is 1.11 bits per heavy atom. The largest absolute Gasteiger partial charge is 0.478 e. The van der Waals surface area contributed by atoms with Crippen molar-refractivity contribution in [3.05, 3.63) is 29.8 Å². The summed E-state index contributed by atoms with van der Waals surface area (Å²) in [5.74, 6) is -0.924. The normalized spacial score (nSPS) is 17.7. The Bertz CT molecular complexity index is 473. The Balaban J connectivity index is 2.04. The molecular weight excluding hydrogens is 242 g/mol. The number of rotatable bonds is 3. The minimum Gasteiger partial charge on any atom is -0.478 e. The van der Waals surface area contributed by atoms with E-state index in [1.165, 1.54) is 18.6 Å². The first-order valence-corrected chi connectivity index (χ1v) is 6.66. The molecule has 1 aliphatic carbocycles. The summed E-state index contributed by atoms with van der Waals surface area (Å²) in [6, 6.07) is 6.27. The highest BCUT2D eigenvalue weighted by Gasteiger charge is 2.34. The van der Waals surface area contributed by atoms with E-state index < -0.39 is 5.97 Å². The Kier molecular flexibility index (Phi) is 3.88. The van der Waals surface area contributed by atoms with Crippen LogP contribution in [0, 0.1) is 5.41 Å². The van der Waals surface area contributed by atoms with Crippen molar-refractivity contribution in [1.82, 2.24) is 0 Å². The fourth-order valence-corrected chi connectivity index (χ4v) is 2.54. The molecule has 4 heteroatoms. The molecule has 1 amide bonds. The maximum absolute atomic E-state index is 12.3. The Morgan fingerprint density at radius 3 is 2.21 bits per heavy atom. The summed E-state index contributed by atoms with van der Waals surface area (Å²) < 4.78 is 0. The quantitative estimate of drug-likeness (QED) is 0.877. The van der Waals surface area contributed by atoms with E-state index in [0.717, 1.165) is 25.7 Å². The van der Waals surface area contributed by atoms with Crippen LogP contribution in [0.25, 0.3) is 0 Å². The Morgan fingerprint density at radius 2 is 1.68 bits per heavy atom. The van der Waals surface area contributed by atoms with E-state index in [4.69, 9.17) is 5.11 Å². The van der Waals surface area contributed by atoms with Crippen LogP contribution in [-0.2, 0) is 4.79 Å². The molecule has 0 atom stereocenters. The van der Waals surface area contributed by atoms with E-state index in [9.17, 15) is 9.59 Å². The molecule has 0 unspecified atom stereocenters. The molecule has 0 bridgehead atoms. The predicted octanol–water partition coefficient (Wildman–Crippen LogP) is 3.29. The van der Waals surface area contributed by atoms with E-state index in [2.05, 4.69) is 5.32 Å². The maximum Gasteiger partial charge on any atom is 0.335 e. The summed E-state index contributed by atoms with van der Waals surface area (Å²) in [6.45, 7) is 2.01. The number of carboxylic acids is 1. The number of amides is 1. The van der Waals surface area contributed by atoms with Crippen molar-refractivity contribution in [3.63, 3.8) is 0 Å². The van der Waals surface area contributed by atoms with Crippen molar-refractivity contribution < 1.29 is 14.7 Å². The minimum absolute atomic E-state index is 0.0373. The first kappa shape index (κ1) is 13.6. The lowest BCUT2D eigenvalue weighted by atomic mass is 9.75. The first-order chi connectivity index (χ1) is 9.01. The van der Waals surface area contributed by atoms with Gasteiger partial charge in [0.1, 0.15) is 0 Å². The summed E-state index contributed by atoms with van der Waals surface area (Å²) in [4.78, 5) is 23.0. The van der Waals surface area contributed by atoms with Crippen molar-refractivity contribution in [2.45, 2.75) is 39.0 Å². The molecule has 1 saturated carbocycles. The number of anilines is 1. The van der Waals surface area contributed by atoms with Crippen LogP contribution in [0.4, 0.5) is 5.69 Å². The van der Waals surface area contributed by atoms with Gasteiger partial charge in [0.2, 0.25) is 5.91 Å². The second-order valence-corrected chi connectivity index (χ2v) is 5.46. The van der Waals surface area contributed by atoms with Gasteiger partial charge in [-0.2, -0.15) is 0 Å². The summed E-state index contributed by atoms with van der Waals surface area (Å²) in [6.07, 6.45) is 5.25. The standard InChI is InChI=1S/C15H19NO3/c1-15(9-3-2-4-10-15)14(19)16-12-7-5-11(6-8-12)13(17)18/h5-8H,2-4,9-10H2,1H3,(H,16,19)(H,17,18). The number of carbonyl (C=O) groups excluding carboxylic acids is 1. The third kappa shape index (κ3) is 3.13. The first-order valence-electron chi connectivity index (χ1n) is 6.66. The van der Waals surface area contributed by atoms with Crippen LogP contribution in [0.3, 0.4) is 0 Å². The minimum atomic E-state index is -0.961. The predicted molar refractivity (Wildman–Crippen MR) is 73.2 cm³/mol. The molecule has 1 aromatic rings. The number of carboxylic acid groups (broad SMARTS) is 1. The Hall–Kier alpha value is -1.84. The molecule has 4 nitrogen and oxygen atoms in total. The zero-order chi connectivity index (χ0) is 13.9. The van der Waals surface area contributed by atoms with Gasteiger partial charge in [-0.3, -0.25) is 4.79 Å². The van der Waals surface area contributed by atoms with E-state index in [1.807, 2.05) is 6.92 Å². The average molecular weight is 261 g/mol. The summed E-state index contributed by atoms with van der Waals surface area (Å²) in [5, 5.41) is 11.7. The number of aromatic carboxylic acids is 1. The fourth-order valence-electron chi connectivity index (χ4n) is 2.54. The van der Waals surface area contributed by atoms with Gasteiger partial charge in [0.25, 0.3) is 0 Å². The van der Waals surface area contributed by atoms with Gasteiger partial charge in [0.15, 0.2) is 0 Å². The highest BCUT2D eigenvalue weighted by atomic mass is 16.4. The van der Waals surface area contributed by atoms with Crippen LogP contribution >= 0.6 is 0 Å². The molecule has 19 heavy (non-hydrogen) atoms. The zero-order valence-corrected chi connectivity index (χ0v) is 11.1. The zero-order valence-electron chi connectivity index (χ0n) is 11.1. The smallest absolute Gasteiger partial charge is 0.335 e. The summed E-state index contributed by atoms with van der Waals surface area (Å²) in [5.41, 5.74) is 0.590. The third-order valence-electron chi connectivity index (χ3n) is 3.90. The van der Waals surface area contributed by atoms with Crippen molar-refractivity contribution >= 4 is 17.6 Å². The molecule has 1 aromatic carbocycles. The van der Waals surface area contributed by atoms with Crippen LogP contribution in [-0.4, -0.2) is 17.0 Å². The molecule has 102 valence electrons. The number of hydrogen-bond donors (Lipinski definition) is 2. The van der Waals surface area contributed by atoms with E-state index in [0.29, 0.717) is 5.69 Å². The fraction of sp³-hybridized carbons (Fsp3) is 0.467. The summed E-state index contributed by atoms with van der Waals surface area (Å²) in [7, 11) is 0. The molecular formula is C15H19NO3. The van der Waals surface area contributed by atoms with Gasteiger partial charge >= 0.3 is 5.97 Å². The Labute approximate surface area is 112 Å². The topological polar surface area (TPSA) is 66.4 Å². The molecule has 2 N–H and O–H groups in total. The van der Waals surface area contributed by atoms with Crippen LogP contribution < -0.4 is 5.32 Å². The van der Waals surface area contributed by atoms with Crippen molar-refractivity contribution in [1.29, 1.82) is 0 Å². The molecule has 0 spiro atoms. The number of hydrogen-bond acceptors (Lipinski definition) is 2. The highest BCUT2D eigenvalue weighted by Crippen LogP contribution is 2.36. The number of carbonyl (C=O) groups is 2. The molecule has 1 aliphatic rings. The van der Waals surface area contributed by atoms with E-state index in [1.54, 1.807) is 12.1 Å². The van der Waals surface area contributed by atoms with E-state index in [-0.39, 0.29) is 16.9 Å². The van der Waals surface area contributed by atoms with Crippen LogP contribution in [0.5, 0.6) is 0 Å². The number of benzene rings is 1. The van der Waals surface area contributed by atoms with Gasteiger partial charge in [-0.25, -0.2) is 4.79 Å². The van der Waals surface area contributed by atoms with Crippen molar-refractivity contribution in [2.24, 2.45) is 5.41 Å². The monoisotopic (exact) mass is 261 g/mol. The van der Waals surface area contributed by atoms with E-state index >= 15 is 0 Å². The second-order valence-electron chi connectivity index (χ2n) is 5.46. The molecule has 0 radical (unpaired) electrons. The highest BCUT2D eigenvalue weighted by molar-refractivity contribution is 5.95. The third-order valence-corrected chi connectivity index (χ3v) is 3.90. The van der Waals surface area contributed by atoms with Gasteiger partial charge < -0.3 is 10.4 Å². The molecule has 0 aromatic heterocycles. The lowest BCUT2D eigenvalue weighted by molar-refractivity contribution is -0.126. The number of nitrogens with one attached hydrogen (secondary N) is 1. The second kappa shape index (κ2) is 5.43. The van der Waals surface area contributed by atoms with Crippen molar-refractivity contribution in [2.75, 3.05) is 5.32 Å². The maximum atomic E-state index is 12.3. The SMILES string of the molecule is CC1(C(=O)Nc2ccc(C(=O)O)cc2)CCCCC1. The summed E-state index contributed by atoms with van der Waals surface area (Å²) >= 11 is 0. The molecule has 0 aliphatic heterocycles. The van der Waals surface area contributed by atoms with Crippen molar-refractivity contribution in [3.8, 4) is 0 Å².